The molecule has 0 unspecified atom stereocenters. The number of benzene rings is 1. The zero-order valence-corrected chi connectivity index (χ0v) is 10.3. The predicted molar refractivity (Wildman–Crippen MR) is 68.0 cm³/mol. The minimum Gasteiger partial charge on any atom is -0.511 e. The van der Waals surface area contributed by atoms with Crippen LogP contribution in [0.25, 0.3) is 11.0 Å². The molecule has 0 fully saturated rings. The second-order valence-corrected chi connectivity index (χ2v) is 4.63. The third kappa shape index (κ3) is 2.50. The van der Waals surface area contributed by atoms with E-state index in [0.29, 0.717) is 10.1 Å². The van der Waals surface area contributed by atoms with Crippen molar-refractivity contribution in [1.82, 2.24) is 9.97 Å². The molecule has 0 atom stereocenters. The topological polar surface area (TPSA) is 66.0 Å². The molecule has 0 saturated carbocycles. The Labute approximate surface area is 103 Å². The van der Waals surface area contributed by atoms with Crippen molar-refractivity contribution in [1.29, 1.82) is 0 Å². The number of allylic oxidation sites excluding steroid dienone is 2. The van der Waals surface area contributed by atoms with E-state index in [9.17, 15) is 9.90 Å². The number of nitrogens with zero attached hydrogens (tertiary/aromatic N) is 1. The number of aromatic amines is 1. The highest BCUT2D eigenvalue weighted by molar-refractivity contribution is 8.03. The quantitative estimate of drug-likeness (QED) is 0.498. The van der Waals surface area contributed by atoms with Gasteiger partial charge in [-0.25, -0.2) is 4.98 Å². The van der Waals surface area contributed by atoms with Gasteiger partial charge in [0, 0.05) is 0 Å². The van der Waals surface area contributed by atoms with E-state index in [0.717, 1.165) is 22.8 Å². The van der Waals surface area contributed by atoms with Gasteiger partial charge in [0.15, 0.2) is 10.9 Å². The first-order valence-electron chi connectivity index (χ1n) is 5.11. The molecule has 2 rings (SSSR count). The fourth-order valence-electron chi connectivity index (χ4n) is 1.47. The summed E-state index contributed by atoms with van der Waals surface area (Å²) in [5.74, 6) is -0.154. The van der Waals surface area contributed by atoms with E-state index in [1.54, 1.807) is 0 Å². The maximum atomic E-state index is 11.3. The number of imidazole rings is 1. The molecule has 1 aromatic heterocycles. The number of hydrogen-bond acceptors (Lipinski definition) is 4. The lowest BCUT2D eigenvalue weighted by atomic mass is 10.3. The molecule has 1 heterocycles. The average Bonchev–Trinajstić information content (AvgIpc) is 2.67. The normalized spacial score (nSPS) is 12.6. The van der Waals surface area contributed by atoms with Crippen molar-refractivity contribution in [3.05, 3.63) is 34.9 Å². The number of para-hydroxylation sites is 2. The molecule has 0 spiro atoms. The number of aliphatic hydroxyl groups excluding tert-OH is 1. The third-order valence-corrected chi connectivity index (χ3v) is 3.39. The summed E-state index contributed by atoms with van der Waals surface area (Å²) in [5.41, 5.74) is 1.75. The summed E-state index contributed by atoms with van der Waals surface area (Å²) in [7, 11) is 0. The van der Waals surface area contributed by atoms with E-state index in [2.05, 4.69) is 9.97 Å². The Kier molecular flexibility index (Phi) is 3.19. The molecule has 0 saturated heterocycles. The standard InChI is InChI=1S/C12H12N2O2S/c1-7(15)11(8(2)16)17-12-13-9-5-3-4-6-10(9)14-12/h3-6,15H,1-2H3,(H,13,14). The molecule has 0 bridgehead atoms. The predicted octanol–water partition coefficient (Wildman–Crippen LogP) is 3.03. The molecule has 1 aromatic carbocycles. The molecule has 5 heteroatoms. The maximum Gasteiger partial charge on any atom is 0.171 e. The number of Topliss-reactive ketones (excluding diaryl/α,β-unsaturated/α-hetero) is 1. The maximum absolute atomic E-state index is 11.3. The number of nitrogens with one attached hydrogen (secondary N) is 1. The fourth-order valence-corrected chi connectivity index (χ4v) is 2.26. The van der Waals surface area contributed by atoms with Crippen molar-refractivity contribution >= 4 is 28.6 Å². The zero-order chi connectivity index (χ0) is 12.4. The number of aromatic nitrogens is 2. The van der Waals surface area contributed by atoms with Gasteiger partial charge in [-0.3, -0.25) is 4.79 Å². The molecule has 2 N–H and O–H groups in total. The van der Waals surface area contributed by atoms with Gasteiger partial charge < -0.3 is 10.1 Å². The van der Waals surface area contributed by atoms with Crippen molar-refractivity contribution in [2.75, 3.05) is 0 Å². The first-order valence-corrected chi connectivity index (χ1v) is 5.93. The Morgan fingerprint density at radius 1 is 1.35 bits per heavy atom. The lowest BCUT2D eigenvalue weighted by Crippen LogP contribution is -1.96. The zero-order valence-electron chi connectivity index (χ0n) is 9.52. The molecular weight excluding hydrogens is 236 g/mol. The summed E-state index contributed by atoms with van der Waals surface area (Å²) in [4.78, 5) is 19.1. The van der Waals surface area contributed by atoms with Gasteiger partial charge in [0.25, 0.3) is 0 Å². The molecular formula is C12H12N2O2S. The van der Waals surface area contributed by atoms with Gasteiger partial charge in [-0.05, 0) is 37.7 Å². The molecule has 0 aliphatic carbocycles. The summed E-state index contributed by atoms with van der Waals surface area (Å²) in [6, 6.07) is 7.61. The van der Waals surface area contributed by atoms with Crippen LogP contribution in [0.2, 0.25) is 0 Å². The second kappa shape index (κ2) is 4.63. The molecule has 4 nitrogen and oxygen atoms in total. The Bertz CT molecular complexity index is 564. The van der Waals surface area contributed by atoms with Crippen molar-refractivity contribution in [3.63, 3.8) is 0 Å². The molecule has 0 aliphatic heterocycles. The molecule has 2 aromatic rings. The van der Waals surface area contributed by atoms with E-state index >= 15 is 0 Å². The SMILES string of the molecule is CC(=O)C(Sc1nc2ccccc2[nH]1)=C(C)O. The van der Waals surface area contributed by atoms with Crippen LogP contribution in [0.1, 0.15) is 13.8 Å². The van der Waals surface area contributed by atoms with Crippen LogP contribution >= 0.6 is 11.8 Å². The van der Waals surface area contributed by atoms with Gasteiger partial charge in [0.05, 0.1) is 15.9 Å². The molecule has 0 amide bonds. The first kappa shape index (κ1) is 11.7. The number of hydrogen-bond donors (Lipinski definition) is 2. The first-order chi connectivity index (χ1) is 8.08. The number of aliphatic hydroxyl groups is 1. The number of ketones is 1. The highest BCUT2D eigenvalue weighted by Gasteiger charge is 2.12. The van der Waals surface area contributed by atoms with Crippen LogP contribution in [0, 0.1) is 0 Å². The van der Waals surface area contributed by atoms with E-state index < -0.39 is 0 Å². The summed E-state index contributed by atoms with van der Waals surface area (Å²) < 4.78 is 0. The Morgan fingerprint density at radius 2 is 2.06 bits per heavy atom. The summed E-state index contributed by atoms with van der Waals surface area (Å²) in [5, 5.41) is 10.0. The van der Waals surface area contributed by atoms with Gasteiger partial charge in [-0.15, -0.1) is 0 Å². The van der Waals surface area contributed by atoms with Crippen molar-refractivity contribution in [3.8, 4) is 0 Å². The number of fused-ring (bicyclic) bond motifs is 1. The smallest absolute Gasteiger partial charge is 0.171 e. The number of thioether (sulfide) groups is 1. The molecule has 17 heavy (non-hydrogen) atoms. The largest absolute Gasteiger partial charge is 0.511 e. The van der Waals surface area contributed by atoms with Crippen LogP contribution < -0.4 is 0 Å². The van der Waals surface area contributed by atoms with Gasteiger partial charge in [-0.2, -0.15) is 0 Å². The molecule has 0 radical (unpaired) electrons. The number of carbonyl (C=O) groups excluding carboxylic acids is 1. The summed E-state index contributed by atoms with van der Waals surface area (Å²) in [6.07, 6.45) is 0. The van der Waals surface area contributed by atoms with Gasteiger partial charge in [0.1, 0.15) is 5.76 Å². The molecule has 88 valence electrons. The van der Waals surface area contributed by atoms with Crippen LogP contribution in [-0.2, 0) is 4.79 Å². The second-order valence-electron chi connectivity index (χ2n) is 3.63. The summed E-state index contributed by atoms with van der Waals surface area (Å²) in [6.45, 7) is 2.91. The van der Waals surface area contributed by atoms with E-state index in [-0.39, 0.29) is 11.5 Å². The van der Waals surface area contributed by atoms with Crippen LogP contribution in [0.4, 0.5) is 0 Å². The highest BCUT2D eigenvalue weighted by atomic mass is 32.2. The lowest BCUT2D eigenvalue weighted by Gasteiger charge is -2.01. The average molecular weight is 248 g/mol. The highest BCUT2D eigenvalue weighted by Crippen LogP contribution is 2.28. The van der Waals surface area contributed by atoms with E-state index in [1.807, 2.05) is 24.3 Å². The Morgan fingerprint density at radius 3 is 2.65 bits per heavy atom. The fraction of sp³-hybridized carbons (Fsp3) is 0.167. The van der Waals surface area contributed by atoms with Crippen LogP contribution in [0.15, 0.2) is 40.1 Å². The van der Waals surface area contributed by atoms with Crippen molar-refractivity contribution in [2.24, 2.45) is 0 Å². The van der Waals surface area contributed by atoms with Gasteiger partial charge in [0.2, 0.25) is 0 Å². The third-order valence-electron chi connectivity index (χ3n) is 2.21. The van der Waals surface area contributed by atoms with Crippen LogP contribution in [-0.4, -0.2) is 20.9 Å². The van der Waals surface area contributed by atoms with Crippen LogP contribution in [0.5, 0.6) is 0 Å². The van der Waals surface area contributed by atoms with E-state index in [1.165, 1.54) is 13.8 Å². The van der Waals surface area contributed by atoms with Crippen LogP contribution in [0.3, 0.4) is 0 Å². The van der Waals surface area contributed by atoms with E-state index in [4.69, 9.17) is 0 Å². The van der Waals surface area contributed by atoms with Gasteiger partial charge in [-0.1, -0.05) is 12.1 Å². The van der Waals surface area contributed by atoms with Crippen molar-refractivity contribution in [2.45, 2.75) is 19.0 Å². The Balaban J connectivity index is 2.35. The molecule has 0 aliphatic rings. The number of carbonyl (C=O) groups is 1. The minimum atomic E-state index is -0.171. The van der Waals surface area contributed by atoms with Crippen molar-refractivity contribution < 1.29 is 9.90 Å². The monoisotopic (exact) mass is 248 g/mol. The van der Waals surface area contributed by atoms with Gasteiger partial charge >= 0.3 is 0 Å². The summed E-state index contributed by atoms with van der Waals surface area (Å²) >= 11 is 1.14. The number of rotatable bonds is 3. The minimum absolute atomic E-state index is 0.0166. The lowest BCUT2D eigenvalue weighted by molar-refractivity contribution is -0.113. The Hall–Kier alpha value is -1.75. The number of H-pyrrole nitrogens is 1.